The molecule has 3 aromatic carbocycles. The first-order chi connectivity index (χ1) is 16.3. The SMILES string of the molecule is Cc1cc(NC(=O)c2ccc(COc3ccc(Cl)cc3Cl)cc2)nn1Cc1c(Cl)cccc1Cl. The van der Waals surface area contributed by atoms with E-state index in [9.17, 15) is 4.79 Å². The number of hydrogen-bond acceptors (Lipinski definition) is 3. The molecule has 0 aliphatic carbocycles. The molecule has 0 fully saturated rings. The van der Waals surface area contributed by atoms with Crippen LogP contribution in [0, 0.1) is 6.92 Å². The zero-order chi connectivity index (χ0) is 24.2. The minimum absolute atomic E-state index is 0.270. The zero-order valence-electron chi connectivity index (χ0n) is 18.0. The molecule has 0 spiro atoms. The van der Waals surface area contributed by atoms with E-state index in [4.69, 9.17) is 51.1 Å². The van der Waals surface area contributed by atoms with Gasteiger partial charge in [-0.1, -0.05) is 64.6 Å². The van der Waals surface area contributed by atoms with Gasteiger partial charge in [0.15, 0.2) is 5.82 Å². The molecule has 0 saturated carbocycles. The lowest BCUT2D eigenvalue weighted by atomic mass is 10.1. The molecular formula is C25H19Cl4N3O2. The van der Waals surface area contributed by atoms with E-state index in [1.165, 1.54) is 0 Å². The van der Waals surface area contributed by atoms with Gasteiger partial charge in [0.1, 0.15) is 12.4 Å². The molecule has 0 unspecified atom stereocenters. The van der Waals surface area contributed by atoms with Crippen LogP contribution in [0.3, 0.4) is 0 Å². The Morgan fingerprint density at radius 1 is 0.941 bits per heavy atom. The largest absolute Gasteiger partial charge is 0.487 e. The highest BCUT2D eigenvalue weighted by atomic mass is 35.5. The Morgan fingerprint density at radius 3 is 2.32 bits per heavy atom. The van der Waals surface area contributed by atoms with E-state index in [2.05, 4.69) is 10.4 Å². The number of amides is 1. The lowest BCUT2D eigenvalue weighted by Crippen LogP contribution is -2.13. The average Bonchev–Trinajstić information content (AvgIpc) is 3.14. The molecule has 1 aromatic heterocycles. The summed E-state index contributed by atoms with van der Waals surface area (Å²) in [6.07, 6.45) is 0. The van der Waals surface area contributed by atoms with Crippen LogP contribution in [0.25, 0.3) is 0 Å². The highest BCUT2D eigenvalue weighted by Crippen LogP contribution is 2.28. The van der Waals surface area contributed by atoms with Crippen LogP contribution in [0.2, 0.25) is 20.1 Å². The number of nitrogens with zero attached hydrogens (tertiary/aromatic N) is 2. The van der Waals surface area contributed by atoms with E-state index in [1.807, 2.05) is 19.1 Å². The molecule has 174 valence electrons. The quantitative estimate of drug-likeness (QED) is 0.264. The molecule has 0 bridgehead atoms. The third-order valence-electron chi connectivity index (χ3n) is 5.10. The van der Waals surface area contributed by atoms with Crippen LogP contribution in [0.4, 0.5) is 5.82 Å². The number of rotatable bonds is 7. The number of anilines is 1. The van der Waals surface area contributed by atoms with Gasteiger partial charge in [0, 0.05) is 38.0 Å². The van der Waals surface area contributed by atoms with Gasteiger partial charge in [-0.3, -0.25) is 9.48 Å². The number of hydrogen-bond donors (Lipinski definition) is 1. The van der Waals surface area contributed by atoms with Crippen molar-refractivity contribution in [3.63, 3.8) is 0 Å². The summed E-state index contributed by atoms with van der Waals surface area (Å²) in [7, 11) is 0. The maximum Gasteiger partial charge on any atom is 0.256 e. The smallest absolute Gasteiger partial charge is 0.256 e. The van der Waals surface area contributed by atoms with Crippen LogP contribution < -0.4 is 10.1 Å². The maximum atomic E-state index is 12.7. The highest BCUT2D eigenvalue weighted by Gasteiger charge is 2.13. The van der Waals surface area contributed by atoms with Crippen molar-refractivity contribution in [2.24, 2.45) is 0 Å². The minimum atomic E-state index is -0.270. The molecule has 0 aliphatic rings. The second kappa shape index (κ2) is 10.7. The first kappa shape index (κ1) is 24.4. The fourth-order valence-corrected chi connectivity index (χ4v) is 4.24. The van der Waals surface area contributed by atoms with Gasteiger partial charge < -0.3 is 10.1 Å². The van der Waals surface area contributed by atoms with Crippen molar-refractivity contribution >= 4 is 58.1 Å². The molecule has 5 nitrogen and oxygen atoms in total. The van der Waals surface area contributed by atoms with Crippen LogP contribution in [-0.2, 0) is 13.2 Å². The molecule has 9 heteroatoms. The average molecular weight is 535 g/mol. The molecule has 4 rings (SSSR count). The lowest BCUT2D eigenvalue weighted by molar-refractivity contribution is 0.102. The molecule has 4 aromatic rings. The molecule has 1 amide bonds. The first-order valence-electron chi connectivity index (χ1n) is 10.3. The fourth-order valence-electron chi connectivity index (χ4n) is 3.26. The van der Waals surface area contributed by atoms with E-state index in [0.29, 0.717) is 50.4 Å². The Labute approximate surface area is 217 Å². The Balaban J connectivity index is 1.38. The van der Waals surface area contributed by atoms with Crippen molar-refractivity contribution in [3.05, 3.63) is 109 Å². The highest BCUT2D eigenvalue weighted by molar-refractivity contribution is 6.36. The van der Waals surface area contributed by atoms with Crippen molar-refractivity contribution in [2.75, 3.05) is 5.32 Å². The first-order valence-corrected chi connectivity index (χ1v) is 11.8. The molecule has 0 saturated heterocycles. The predicted octanol–water partition coefficient (Wildman–Crippen LogP) is 7.68. The van der Waals surface area contributed by atoms with Gasteiger partial charge in [-0.15, -0.1) is 0 Å². The Kier molecular flexibility index (Phi) is 7.69. The van der Waals surface area contributed by atoms with Gasteiger partial charge in [0.05, 0.1) is 11.6 Å². The summed E-state index contributed by atoms with van der Waals surface area (Å²) in [6, 6.07) is 19.3. The third kappa shape index (κ3) is 5.86. The van der Waals surface area contributed by atoms with Gasteiger partial charge in [0.25, 0.3) is 5.91 Å². The standard InChI is InChI=1S/C25H19Cl4N3O2/c1-15-11-24(31-32(15)13-19-20(27)3-2-4-21(19)28)30-25(33)17-7-5-16(6-8-17)14-34-23-10-9-18(26)12-22(23)29/h2-12H,13-14H2,1H3,(H,30,31,33). The second-order valence-electron chi connectivity index (χ2n) is 7.54. The summed E-state index contributed by atoms with van der Waals surface area (Å²) in [5, 5.41) is 9.41. The Bertz CT molecular complexity index is 1320. The van der Waals surface area contributed by atoms with E-state index in [0.717, 1.165) is 16.8 Å². The van der Waals surface area contributed by atoms with Crippen LogP contribution in [0.15, 0.2) is 66.7 Å². The zero-order valence-corrected chi connectivity index (χ0v) is 21.0. The van der Waals surface area contributed by atoms with Crippen LogP contribution in [0.1, 0.15) is 27.2 Å². The second-order valence-corrected chi connectivity index (χ2v) is 9.20. The van der Waals surface area contributed by atoms with E-state index >= 15 is 0 Å². The topological polar surface area (TPSA) is 56.1 Å². The fraction of sp³-hybridized carbons (Fsp3) is 0.120. The minimum Gasteiger partial charge on any atom is -0.487 e. The van der Waals surface area contributed by atoms with E-state index in [1.54, 1.807) is 59.3 Å². The van der Waals surface area contributed by atoms with Crippen molar-refractivity contribution in [3.8, 4) is 5.75 Å². The van der Waals surface area contributed by atoms with E-state index in [-0.39, 0.29) is 5.91 Å². The molecular weight excluding hydrogens is 516 g/mol. The normalized spacial score (nSPS) is 10.9. The van der Waals surface area contributed by atoms with Crippen molar-refractivity contribution < 1.29 is 9.53 Å². The lowest BCUT2D eigenvalue weighted by Gasteiger charge is -2.09. The van der Waals surface area contributed by atoms with Crippen molar-refractivity contribution in [1.82, 2.24) is 9.78 Å². The summed E-state index contributed by atoms with van der Waals surface area (Å²) < 4.78 is 7.47. The summed E-state index contributed by atoms with van der Waals surface area (Å²) in [6.45, 7) is 2.60. The monoisotopic (exact) mass is 533 g/mol. The van der Waals surface area contributed by atoms with Crippen LogP contribution in [-0.4, -0.2) is 15.7 Å². The van der Waals surface area contributed by atoms with Crippen molar-refractivity contribution in [1.29, 1.82) is 0 Å². The molecule has 1 N–H and O–H groups in total. The predicted molar refractivity (Wildman–Crippen MR) is 138 cm³/mol. The number of carbonyl (C=O) groups is 1. The Morgan fingerprint density at radius 2 is 1.65 bits per heavy atom. The van der Waals surface area contributed by atoms with Crippen LogP contribution >= 0.6 is 46.4 Å². The summed E-state index contributed by atoms with van der Waals surface area (Å²) in [4.78, 5) is 12.7. The van der Waals surface area contributed by atoms with Crippen molar-refractivity contribution in [2.45, 2.75) is 20.1 Å². The number of halogens is 4. The van der Waals surface area contributed by atoms with Crippen LogP contribution in [0.5, 0.6) is 5.75 Å². The molecule has 0 radical (unpaired) electrons. The number of aryl methyl sites for hydroxylation is 1. The van der Waals surface area contributed by atoms with E-state index < -0.39 is 0 Å². The maximum absolute atomic E-state index is 12.7. The molecule has 1 heterocycles. The summed E-state index contributed by atoms with van der Waals surface area (Å²) in [5.41, 5.74) is 3.01. The molecule has 34 heavy (non-hydrogen) atoms. The number of aromatic nitrogens is 2. The Hall–Kier alpha value is -2.70. The number of carbonyl (C=O) groups excluding carboxylic acids is 1. The van der Waals surface area contributed by atoms with Gasteiger partial charge in [-0.25, -0.2) is 0 Å². The van der Waals surface area contributed by atoms with Gasteiger partial charge in [-0.2, -0.15) is 5.10 Å². The van der Waals surface area contributed by atoms with Gasteiger partial charge in [-0.05, 0) is 55.0 Å². The van der Waals surface area contributed by atoms with Gasteiger partial charge in [0.2, 0.25) is 0 Å². The summed E-state index contributed by atoms with van der Waals surface area (Å²) >= 11 is 24.6. The molecule has 0 aliphatic heterocycles. The number of ether oxygens (including phenoxy) is 1. The number of benzene rings is 3. The number of nitrogens with one attached hydrogen (secondary N) is 1. The van der Waals surface area contributed by atoms with Gasteiger partial charge >= 0.3 is 0 Å². The summed E-state index contributed by atoms with van der Waals surface area (Å²) in [5.74, 6) is 0.709. The third-order valence-corrected chi connectivity index (χ3v) is 6.34. The molecule has 0 atom stereocenters.